The zero-order valence-electron chi connectivity index (χ0n) is 15.3. The standard InChI is InChI=1S/C18H32O7/c1-3-5-7-8-9-10-12-17(15(21)22,11-6-4-2)18(25,16(23)24)13-14(19)20/h25H,3-13H2,1-2H3,(H,19,20)(H,21,22)(H,23,24). The summed E-state index contributed by atoms with van der Waals surface area (Å²) >= 11 is 0. The van der Waals surface area contributed by atoms with Gasteiger partial charge in [0.1, 0.15) is 5.41 Å². The molecule has 0 aromatic carbocycles. The molecule has 0 aliphatic rings. The van der Waals surface area contributed by atoms with Crippen molar-refractivity contribution in [1.29, 1.82) is 0 Å². The molecule has 0 spiro atoms. The molecular weight excluding hydrogens is 328 g/mol. The van der Waals surface area contributed by atoms with E-state index in [1.165, 1.54) is 0 Å². The van der Waals surface area contributed by atoms with Crippen LogP contribution >= 0.6 is 0 Å². The van der Waals surface area contributed by atoms with E-state index in [-0.39, 0.29) is 12.8 Å². The van der Waals surface area contributed by atoms with Gasteiger partial charge in [0.05, 0.1) is 6.42 Å². The van der Waals surface area contributed by atoms with Crippen LogP contribution in [0.4, 0.5) is 0 Å². The van der Waals surface area contributed by atoms with Crippen molar-refractivity contribution in [2.45, 2.75) is 90.1 Å². The predicted molar refractivity (Wildman–Crippen MR) is 92.4 cm³/mol. The number of carboxylic acid groups (broad SMARTS) is 3. The average molecular weight is 360 g/mol. The summed E-state index contributed by atoms with van der Waals surface area (Å²) in [6.07, 6.45) is 5.02. The monoisotopic (exact) mass is 360 g/mol. The van der Waals surface area contributed by atoms with Crippen molar-refractivity contribution in [3.05, 3.63) is 0 Å². The third-order valence-electron chi connectivity index (χ3n) is 4.88. The maximum absolute atomic E-state index is 12.0. The molecule has 0 heterocycles. The fourth-order valence-corrected chi connectivity index (χ4v) is 3.28. The molecule has 2 atom stereocenters. The van der Waals surface area contributed by atoms with Gasteiger partial charge < -0.3 is 20.4 Å². The Hall–Kier alpha value is -1.63. The van der Waals surface area contributed by atoms with E-state index in [1.54, 1.807) is 0 Å². The minimum atomic E-state index is -2.83. The normalized spacial score (nSPS) is 16.0. The van der Waals surface area contributed by atoms with E-state index in [4.69, 9.17) is 5.11 Å². The molecule has 7 heteroatoms. The number of unbranched alkanes of at least 4 members (excludes halogenated alkanes) is 6. The van der Waals surface area contributed by atoms with Crippen molar-refractivity contribution in [2.24, 2.45) is 5.41 Å². The van der Waals surface area contributed by atoms with E-state index in [0.717, 1.165) is 32.1 Å². The van der Waals surface area contributed by atoms with Crippen molar-refractivity contribution in [1.82, 2.24) is 0 Å². The second kappa shape index (κ2) is 11.1. The van der Waals surface area contributed by atoms with Crippen LogP contribution in [0.5, 0.6) is 0 Å². The highest BCUT2D eigenvalue weighted by molar-refractivity contribution is 5.92. The summed E-state index contributed by atoms with van der Waals surface area (Å²) in [5.41, 5.74) is -4.83. The lowest BCUT2D eigenvalue weighted by Crippen LogP contribution is -2.59. The van der Waals surface area contributed by atoms with Crippen LogP contribution in [0.2, 0.25) is 0 Å². The lowest BCUT2D eigenvalue weighted by molar-refractivity contribution is -0.196. The number of carbonyl (C=O) groups is 3. The second-order valence-corrected chi connectivity index (χ2v) is 6.74. The van der Waals surface area contributed by atoms with Crippen LogP contribution in [0, 0.1) is 5.41 Å². The molecule has 0 saturated carbocycles. The Bertz CT molecular complexity index is 449. The molecule has 0 aliphatic carbocycles. The lowest BCUT2D eigenvalue weighted by atomic mass is 9.64. The van der Waals surface area contributed by atoms with Gasteiger partial charge in [-0.05, 0) is 12.8 Å². The molecule has 0 rings (SSSR count). The first-order valence-corrected chi connectivity index (χ1v) is 9.09. The highest BCUT2D eigenvalue weighted by atomic mass is 16.4. The molecule has 2 unspecified atom stereocenters. The van der Waals surface area contributed by atoms with Crippen molar-refractivity contribution in [3.63, 3.8) is 0 Å². The summed E-state index contributed by atoms with van der Waals surface area (Å²) < 4.78 is 0. The van der Waals surface area contributed by atoms with Crippen LogP contribution in [0.25, 0.3) is 0 Å². The molecule has 0 aromatic heterocycles. The smallest absolute Gasteiger partial charge is 0.337 e. The lowest BCUT2D eigenvalue weighted by Gasteiger charge is -2.41. The Labute approximate surface area is 149 Å². The molecule has 0 radical (unpaired) electrons. The average Bonchev–Trinajstić information content (AvgIpc) is 2.52. The van der Waals surface area contributed by atoms with Crippen molar-refractivity contribution >= 4 is 17.9 Å². The van der Waals surface area contributed by atoms with Crippen LogP contribution in [0.1, 0.15) is 84.5 Å². The Morgan fingerprint density at radius 2 is 1.20 bits per heavy atom. The fourth-order valence-electron chi connectivity index (χ4n) is 3.28. The summed E-state index contributed by atoms with van der Waals surface area (Å²) in [7, 11) is 0. The summed E-state index contributed by atoms with van der Waals surface area (Å²) in [6, 6.07) is 0. The molecule has 0 saturated heterocycles. The van der Waals surface area contributed by atoms with E-state index in [0.29, 0.717) is 19.3 Å². The second-order valence-electron chi connectivity index (χ2n) is 6.74. The van der Waals surface area contributed by atoms with E-state index in [2.05, 4.69) is 6.92 Å². The number of rotatable bonds is 15. The van der Waals surface area contributed by atoms with E-state index in [9.17, 15) is 29.7 Å². The Kier molecular flexibility index (Phi) is 10.4. The number of hydrogen-bond donors (Lipinski definition) is 4. The van der Waals surface area contributed by atoms with Gasteiger partial charge >= 0.3 is 17.9 Å². The van der Waals surface area contributed by atoms with Gasteiger partial charge in [-0.15, -0.1) is 0 Å². The van der Waals surface area contributed by atoms with Crippen molar-refractivity contribution in [2.75, 3.05) is 0 Å². The maximum atomic E-state index is 12.0. The van der Waals surface area contributed by atoms with Gasteiger partial charge in [-0.25, -0.2) is 4.79 Å². The van der Waals surface area contributed by atoms with Crippen molar-refractivity contribution < 1.29 is 34.8 Å². The third-order valence-corrected chi connectivity index (χ3v) is 4.88. The number of hydrogen-bond acceptors (Lipinski definition) is 4. The van der Waals surface area contributed by atoms with Gasteiger partial charge in [0.25, 0.3) is 0 Å². The third kappa shape index (κ3) is 6.30. The summed E-state index contributed by atoms with van der Waals surface area (Å²) in [6.45, 7) is 3.91. The zero-order chi connectivity index (χ0) is 19.5. The van der Waals surface area contributed by atoms with E-state index in [1.807, 2.05) is 6.92 Å². The van der Waals surface area contributed by atoms with Gasteiger partial charge in [-0.1, -0.05) is 65.2 Å². The Morgan fingerprint density at radius 3 is 1.64 bits per heavy atom. The molecule has 0 amide bonds. The largest absolute Gasteiger partial charge is 0.481 e. The summed E-state index contributed by atoms with van der Waals surface area (Å²) in [5.74, 6) is -4.77. The van der Waals surface area contributed by atoms with Gasteiger partial charge in [-0.2, -0.15) is 0 Å². The number of aliphatic hydroxyl groups is 1. The molecule has 146 valence electrons. The van der Waals surface area contributed by atoms with Crippen LogP contribution < -0.4 is 0 Å². The molecule has 25 heavy (non-hydrogen) atoms. The minimum Gasteiger partial charge on any atom is -0.481 e. The molecule has 4 N–H and O–H groups in total. The minimum absolute atomic E-state index is 0.0511. The highest BCUT2D eigenvalue weighted by Gasteiger charge is 2.61. The van der Waals surface area contributed by atoms with Gasteiger partial charge in [0, 0.05) is 0 Å². The first-order chi connectivity index (χ1) is 11.7. The van der Waals surface area contributed by atoms with Crippen molar-refractivity contribution in [3.8, 4) is 0 Å². The molecule has 7 nitrogen and oxygen atoms in total. The Morgan fingerprint density at radius 1 is 0.720 bits per heavy atom. The molecule has 0 aromatic rings. The molecular formula is C18H32O7. The van der Waals surface area contributed by atoms with Crippen LogP contribution in [-0.2, 0) is 14.4 Å². The van der Waals surface area contributed by atoms with Gasteiger partial charge in [0.15, 0.2) is 5.60 Å². The molecule has 0 bridgehead atoms. The van der Waals surface area contributed by atoms with E-state index < -0.39 is 35.3 Å². The van der Waals surface area contributed by atoms with Gasteiger partial charge in [-0.3, -0.25) is 9.59 Å². The Balaban J connectivity index is 5.49. The summed E-state index contributed by atoms with van der Waals surface area (Å²) in [5, 5.41) is 38.9. The fraction of sp³-hybridized carbons (Fsp3) is 0.833. The molecule has 0 fully saturated rings. The zero-order valence-corrected chi connectivity index (χ0v) is 15.3. The highest BCUT2D eigenvalue weighted by Crippen LogP contribution is 2.44. The molecule has 0 aliphatic heterocycles. The number of aliphatic carboxylic acids is 3. The number of carboxylic acids is 3. The van der Waals surface area contributed by atoms with Crippen LogP contribution in [0.15, 0.2) is 0 Å². The first kappa shape index (κ1) is 23.4. The van der Waals surface area contributed by atoms with Crippen LogP contribution in [-0.4, -0.2) is 43.9 Å². The SMILES string of the molecule is CCCCCCCCC(CCCC)(C(=O)O)C(O)(CC(=O)O)C(=O)O. The quantitative estimate of drug-likeness (QED) is 0.329. The topological polar surface area (TPSA) is 132 Å². The first-order valence-electron chi connectivity index (χ1n) is 9.09. The summed E-state index contributed by atoms with van der Waals surface area (Å²) in [4.78, 5) is 34.8. The van der Waals surface area contributed by atoms with E-state index >= 15 is 0 Å². The van der Waals surface area contributed by atoms with Gasteiger partial charge in [0.2, 0.25) is 0 Å². The van der Waals surface area contributed by atoms with Crippen LogP contribution in [0.3, 0.4) is 0 Å². The maximum Gasteiger partial charge on any atom is 0.337 e. The predicted octanol–water partition coefficient (Wildman–Crippen LogP) is 3.29.